The van der Waals surface area contributed by atoms with Crippen molar-refractivity contribution < 1.29 is 18.4 Å². The predicted molar refractivity (Wildman–Crippen MR) is 97.6 cm³/mol. The van der Waals surface area contributed by atoms with Gasteiger partial charge in [0.15, 0.2) is 11.6 Å². The van der Waals surface area contributed by atoms with Gasteiger partial charge >= 0.3 is 7.12 Å². The van der Waals surface area contributed by atoms with Gasteiger partial charge in [-0.25, -0.2) is 4.39 Å². The van der Waals surface area contributed by atoms with E-state index in [1.54, 1.807) is 19.1 Å². The summed E-state index contributed by atoms with van der Waals surface area (Å²) in [6.07, 6.45) is 0. The van der Waals surface area contributed by atoms with Crippen LogP contribution < -0.4 is 10.2 Å². The quantitative estimate of drug-likeness (QED) is 0.786. The van der Waals surface area contributed by atoms with E-state index in [0.717, 1.165) is 11.0 Å². The molecule has 0 radical (unpaired) electrons. The molecule has 132 valence electrons. The third-order valence-corrected chi connectivity index (χ3v) is 5.01. The molecule has 0 aliphatic carbocycles. The van der Waals surface area contributed by atoms with Crippen LogP contribution in [0.2, 0.25) is 0 Å². The molecule has 0 aromatic heterocycles. The zero-order valence-electron chi connectivity index (χ0n) is 15.4. The Balaban J connectivity index is 1.84. The molecular weight excluding hydrogens is 318 g/mol. The highest BCUT2D eigenvalue weighted by molar-refractivity contribution is 6.62. The molecule has 0 amide bonds. The largest absolute Gasteiger partial charge is 0.494 e. The highest BCUT2D eigenvalue weighted by Gasteiger charge is 2.51. The minimum atomic E-state index is -0.539. The van der Waals surface area contributed by atoms with Crippen molar-refractivity contribution in [3.63, 3.8) is 0 Å². The molecule has 1 aliphatic heterocycles. The summed E-state index contributed by atoms with van der Waals surface area (Å²) in [6.45, 7) is 10.0. The van der Waals surface area contributed by atoms with Crippen molar-refractivity contribution in [2.75, 3.05) is 0 Å². The Morgan fingerprint density at radius 3 is 2.20 bits per heavy atom. The van der Waals surface area contributed by atoms with Gasteiger partial charge in [-0.1, -0.05) is 36.4 Å². The fraction of sp³-hybridized carbons (Fsp3) is 0.400. The molecule has 0 N–H and O–H groups in total. The number of benzene rings is 2. The summed E-state index contributed by atoms with van der Waals surface area (Å²) in [5.41, 5.74) is 1.38. The molecule has 1 fully saturated rings. The number of hydrogen-bond donors (Lipinski definition) is 0. The first-order chi connectivity index (χ1) is 11.7. The van der Waals surface area contributed by atoms with Gasteiger partial charge in [-0.2, -0.15) is 0 Å². The minimum Gasteiger partial charge on any atom is -0.486 e. The first-order valence-corrected chi connectivity index (χ1v) is 8.52. The third-order valence-electron chi connectivity index (χ3n) is 5.01. The van der Waals surface area contributed by atoms with Gasteiger partial charge in [0, 0.05) is 0 Å². The van der Waals surface area contributed by atoms with Gasteiger partial charge in [-0.3, -0.25) is 0 Å². The Kier molecular flexibility index (Phi) is 4.65. The Bertz CT molecular complexity index is 743. The monoisotopic (exact) mass is 342 g/mol. The molecule has 2 aromatic carbocycles. The van der Waals surface area contributed by atoms with Crippen molar-refractivity contribution in [2.45, 2.75) is 52.4 Å². The van der Waals surface area contributed by atoms with Gasteiger partial charge in [-0.15, -0.1) is 0 Å². The number of halogens is 1. The second kappa shape index (κ2) is 6.47. The van der Waals surface area contributed by atoms with Crippen LogP contribution in [0.4, 0.5) is 4.39 Å². The van der Waals surface area contributed by atoms with E-state index in [1.807, 2.05) is 58.0 Å². The van der Waals surface area contributed by atoms with E-state index in [2.05, 4.69) is 0 Å². The van der Waals surface area contributed by atoms with E-state index in [4.69, 9.17) is 14.0 Å². The van der Waals surface area contributed by atoms with Crippen molar-refractivity contribution in [3.8, 4) is 5.75 Å². The number of ether oxygens (including phenoxy) is 1. The van der Waals surface area contributed by atoms with E-state index in [9.17, 15) is 4.39 Å². The summed E-state index contributed by atoms with van der Waals surface area (Å²) in [5.74, 6) is -0.134. The van der Waals surface area contributed by atoms with Crippen molar-refractivity contribution >= 4 is 12.6 Å². The lowest BCUT2D eigenvalue weighted by Crippen LogP contribution is -2.41. The van der Waals surface area contributed by atoms with Crippen molar-refractivity contribution in [1.29, 1.82) is 0 Å². The Morgan fingerprint density at radius 2 is 1.60 bits per heavy atom. The van der Waals surface area contributed by atoms with E-state index in [0.29, 0.717) is 12.2 Å². The maximum Gasteiger partial charge on any atom is 0.494 e. The summed E-state index contributed by atoms with van der Waals surface area (Å²) in [6, 6.07) is 13.1. The number of rotatable bonds is 4. The summed E-state index contributed by atoms with van der Waals surface area (Å²) < 4.78 is 32.3. The average Bonchev–Trinajstić information content (AvgIpc) is 2.77. The third kappa shape index (κ3) is 3.58. The summed E-state index contributed by atoms with van der Waals surface area (Å²) in [5, 5.41) is 0. The molecule has 3 rings (SSSR count). The van der Waals surface area contributed by atoms with Crippen LogP contribution >= 0.6 is 0 Å². The fourth-order valence-corrected chi connectivity index (χ4v) is 2.72. The lowest BCUT2D eigenvalue weighted by molar-refractivity contribution is 0.00578. The molecule has 3 nitrogen and oxygen atoms in total. The van der Waals surface area contributed by atoms with Crippen LogP contribution in [0.25, 0.3) is 0 Å². The molecule has 0 unspecified atom stereocenters. The number of hydrogen-bond acceptors (Lipinski definition) is 3. The normalized spacial score (nSPS) is 18.4. The molecule has 1 saturated heterocycles. The van der Waals surface area contributed by atoms with Gasteiger partial charge in [0.05, 0.1) is 11.2 Å². The van der Waals surface area contributed by atoms with Crippen molar-refractivity contribution in [2.24, 2.45) is 0 Å². The molecule has 0 spiro atoms. The summed E-state index contributed by atoms with van der Waals surface area (Å²) in [4.78, 5) is 0. The van der Waals surface area contributed by atoms with Crippen LogP contribution in [-0.4, -0.2) is 18.3 Å². The van der Waals surface area contributed by atoms with Gasteiger partial charge in [0.25, 0.3) is 0 Å². The smallest absolute Gasteiger partial charge is 0.486 e. The molecule has 0 saturated carbocycles. The minimum absolute atomic E-state index is 0.216. The topological polar surface area (TPSA) is 27.7 Å². The van der Waals surface area contributed by atoms with E-state index in [1.165, 1.54) is 0 Å². The molecule has 2 aromatic rings. The molecule has 0 bridgehead atoms. The van der Waals surface area contributed by atoms with E-state index < -0.39 is 18.3 Å². The maximum absolute atomic E-state index is 14.5. The Morgan fingerprint density at radius 1 is 1.00 bits per heavy atom. The molecule has 0 atom stereocenters. The van der Waals surface area contributed by atoms with Crippen LogP contribution in [0.15, 0.2) is 42.5 Å². The molecule has 1 aliphatic rings. The number of aryl methyl sites for hydroxylation is 1. The Hall–Kier alpha value is -1.85. The molecule has 5 heteroatoms. The lowest BCUT2D eigenvalue weighted by atomic mass is 9.78. The van der Waals surface area contributed by atoms with Gasteiger partial charge in [0.1, 0.15) is 6.61 Å². The van der Waals surface area contributed by atoms with Gasteiger partial charge in [-0.05, 0) is 57.3 Å². The second-order valence-corrected chi connectivity index (χ2v) is 7.51. The van der Waals surface area contributed by atoms with Gasteiger partial charge < -0.3 is 14.0 Å². The SMILES string of the molecule is Cc1cc(B2OC(C)(C)C(C)(C)O2)cc(OCc2ccccc2)c1F. The van der Waals surface area contributed by atoms with Crippen LogP contribution in [0.5, 0.6) is 5.75 Å². The fourth-order valence-electron chi connectivity index (χ4n) is 2.72. The second-order valence-electron chi connectivity index (χ2n) is 7.51. The average molecular weight is 342 g/mol. The van der Waals surface area contributed by atoms with Crippen LogP contribution in [0.3, 0.4) is 0 Å². The van der Waals surface area contributed by atoms with E-state index >= 15 is 0 Å². The molecule has 25 heavy (non-hydrogen) atoms. The zero-order valence-corrected chi connectivity index (χ0v) is 15.4. The zero-order chi connectivity index (χ0) is 18.2. The first kappa shape index (κ1) is 18.0. The highest BCUT2D eigenvalue weighted by Crippen LogP contribution is 2.37. The maximum atomic E-state index is 14.5. The molecular formula is C20H24BFO3. The van der Waals surface area contributed by atoms with Crippen molar-refractivity contribution in [3.05, 3.63) is 59.4 Å². The summed E-state index contributed by atoms with van der Waals surface area (Å²) in [7, 11) is -0.539. The van der Waals surface area contributed by atoms with Crippen LogP contribution in [0, 0.1) is 12.7 Å². The van der Waals surface area contributed by atoms with Gasteiger partial charge in [0.2, 0.25) is 0 Å². The summed E-state index contributed by atoms with van der Waals surface area (Å²) >= 11 is 0. The first-order valence-electron chi connectivity index (χ1n) is 8.52. The standard InChI is InChI=1S/C20H24BFO3/c1-14-11-16(21-24-19(2,3)20(4,5)25-21)12-17(18(14)22)23-13-15-9-7-6-8-10-15/h6-12H,13H2,1-5H3. The van der Waals surface area contributed by atoms with E-state index in [-0.39, 0.29) is 11.6 Å². The van der Waals surface area contributed by atoms with Crippen LogP contribution in [0.1, 0.15) is 38.8 Å². The lowest BCUT2D eigenvalue weighted by Gasteiger charge is -2.32. The van der Waals surface area contributed by atoms with Crippen molar-refractivity contribution in [1.82, 2.24) is 0 Å². The molecule has 1 heterocycles. The predicted octanol–water partition coefficient (Wildman–Crippen LogP) is 4.01. The highest BCUT2D eigenvalue weighted by atomic mass is 19.1. The van der Waals surface area contributed by atoms with Crippen LogP contribution in [-0.2, 0) is 15.9 Å². The Labute approximate surface area is 149 Å².